The molecule has 2 aromatic rings. The van der Waals surface area contributed by atoms with Crippen molar-refractivity contribution in [3.8, 4) is 0 Å². The van der Waals surface area contributed by atoms with Crippen LogP contribution in [0, 0.1) is 0 Å². The number of aryl methyl sites for hydroxylation is 1. The fraction of sp³-hybridized carbons (Fsp3) is 0.550. The highest BCUT2D eigenvalue weighted by molar-refractivity contribution is 7.09. The lowest BCUT2D eigenvalue weighted by Gasteiger charge is -2.48. The van der Waals surface area contributed by atoms with Gasteiger partial charge in [0.25, 0.3) is 11.8 Å². The standard InChI is InChI=1S/C20H27N5O3S/c1-23-13-17(18(26)21-12-15-4-3-11-29-15)28-20(14-23)6-9-25(10-7-20)19(27)16-5-8-24(2)22-16/h3-5,8,11,17H,6-7,9-10,12-14H2,1-2H3,(H,21,26). The van der Waals surface area contributed by atoms with E-state index in [1.165, 1.54) is 0 Å². The summed E-state index contributed by atoms with van der Waals surface area (Å²) in [6, 6.07) is 5.73. The summed E-state index contributed by atoms with van der Waals surface area (Å²) in [6.07, 6.45) is 2.71. The molecule has 2 saturated heterocycles. The fourth-order valence-electron chi connectivity index (χ4n) is 4.14. The molecular weight excluding hydrogens is 390 g/mol. The predicted octanol–water partition coefficient (Wildman–Crippen LogP) is 1.10. The summed E-state index contributed by atoms with van der Waals surface area (Å²) in [4.78, 5) is 30.5. The van der Waals surface area contributed by atoms with Gasteiger partial charge in [-0.2, -0.15) is 5.10 Å². The number of thiophene rings is 1. The Morgan fingerprint density at radius 2 is 2.10 bits per heavy atom. The fourth-order valence-corrected chi connectivity index (χ4v) is 4.78. The number of hydrogen-bond acceptors (Lipinski definition) is 6. The molecule has 4 heterocycles. The summed E-state index contributed by atoms with van der Waals surface area (Å²) >= 11 is 1.63. The highest BCUT2D eigenvalue weighted by Gasteiger charge is 2.44. The average Bonchev–Trinajstić information content (AvgIpc) is 3.37. The third-order valence-corrected chi connectivity index (χ3v) is 6.51. The second-order valence-corrected chi connectivity index (χ2v) is 8.98. The van der Waals surface area contributed by atoms with Crippen molar-refractivity contribution in [3.63, 3.8) is 0 Å². The molecule has 1 atom stereocenters. The van der Waals surface area contributed by atoms with Gasteiger partial charge in [-0.1, -0.05) is 6.07 Å². The molecule has 1 N–H and O–H groups in total. The minimum absolute atomic E-state index is 0.0464. The lowest BCUT2D eigenvalue weighted by atomic mass is 9.88. The van der Waals surface area contributed by atoms with Gasteiger partial charge in [0.1, 0.15) is 11.8 Å². The molecule has 29 heavy (non-hydrogen) atoms. The summed E-state index contributed by atoms with van der Waals surface area (Å²) in [7, 11) is 3.83. The Hall–Kier alpha value is -2.23. The zero-order chi connectivity index (χ0) is 20.4. The lowest BCUT2D eigenvalue weighted by Crippen LogP contribution is -2.61. The highest BCUT2D eigenvalue weighted by atomic mass is 32.1. The average molecular weight is 418 g/mol. The van der Waals surface area contributed by atoms with Crippen LogP contribution in [0.3, 0.4) is 0 Å². The molecule has 2 fully saturated rings. The molecule has 2 aliphatic rings. The van der Waals surface area contributed by atoms with Gasteiger partial charge in [0.15, 0.2) is 0 Å². The van der Waals surface area contributed by atoms with Gasteiger partial charge in [0, 0.05) is 44.3 Å². The normalized spacial score (nSPS) is 22.0. The van der Waals surface area contributed by atoms with E-state index in [1.807, 2.05) is 29.5 Å². The first-order valence-corrected chi connectivity index (χ1v) is 10.8. The van der Waals surface area contributed by atoms with Crippen molar-refractivity contribution >= 4 is 23.2 Å². The Bertz CT molecular complexity index is 857. The second-order valence-electron chi connectivity index (χ2n) is 7.95. The molecule has 0 aromatic carbocycles. The van der Waals surface area contributed by atoms with Crippen molar-refractivity contribution in [1.82, 2.24) is 24.9 Å². The first-order valence-electron chi connectivity index (χ1n) is 9.89. The zero-order valence-electron chi connectivity index (χ0n) is 16.8. The molecule has 1 spiro atoms. The first kappa shape index (κ1) is 20.1. The van der Waals surface area contributed by atoms with Gasteiger partial charge < -0.3 is 19.9 Å². The number of nitrogens with zero attached hydrogens (tertiary/aromatic N) is 4. The van der Waals surface area contributed by atoms with Crippen LogP contribution in [0.15, 0.2) is 29.8 Å². The van der Waals surface area contributed by atoms with Crippen LogP contribution in [0.5, 0.6) is 0 Å². The maximum Gasteiger partial charge on any atom is 0.274 e. The second kappa shape index (κ2) is 8.25. The number of morpholine rings is 1. The maximum atomic E-state index is 12.7. The number of nitrogens with one attached hydrogen (secondary N) is 1. The summed E-state index contributed by atoms with van der Waals surface area (Å²) in [6.45, 7) is 3.08. The minimum Gasteiger partial charge on any atom is -0.359 e. The van der Waals surface area contributed by atoms with Crippen LogP contribution < -0.4 is 5.32 Å². The monoisotopic (exact) mass is 417 g/mol. The molecule has 156 valence electrons. The molecule has 2 aliphatic heterocycles. The van der Waals surface area contributed by atoms with Crippen LogP contribution >= 0.6 is 11.3 Å². The van der Waals surface area contributed by atoms with E-state index in [0.29, 0.717) is 44.7 Å². The summed E-state index contributed by atoms with van der Waals surface area (Å²) in [5, 5.41) is 9.21. The van der Waals surface area contributed by atoms with Crippen molar-refractivity contribution in [2.45, 2.75) is 31.1 Å². The van der Waals surface area contributed by atoms with E-state index in [4.69, 9.17) is 4.74 Å². The molecule has 0 bridgehead atoms. The number of amides is 2. The predicted molar refractivity (Wildman–Crippen MR) is 110 cm³/mol. The lowest BCUT2D eigenvalue weighted by molar-refractivity contribution is -0.180. The zero-order valence-corrected chi connectivity index (χ0v) is 17.7. The third kappa shape index (κ3) is 4.52. The maximum absolute atomic E-state index is 12.7. The van der Waals surface area contributed by atoms with Crippen LogP contribution in [0.25, 0.3) is 0 Å². The van der Waals surface area contributed by atoms with Gasteiger partial charge in [0.2, 0.25) is 0 Å². The summed E-state index contributed by atoms with van der Waals surface area (Å²) in [5.74, 6) is -0.119. The molecule has 2 amide bonds. The van der Waals surface area contributed by atoms with E-state index in [2.05, 4.69) is 15.3 Å². The van der Waals surface area contributed by atoms with Crippen LogP contribution in [0.1, 0.15) is 28.2 Å². The summed E-state index contributed by atoms with van der Waals surface area (Å²) < 4.78 is 7.98. The number of rotatable bonds is 4. The van der Waals surface area contributed by atoms with Crippen LogP contribution in [0.4, 0.5) is 0 Å². The Morgan fingerprint density at radius 3 is 2.76 bits per heavy atom. The van der Waals surface area contributed by atoms with E-state index in [1.54, 1.807) is 35.3 Å². The Balaban J connectivity index is 1.35. The first-order chi connectivity index (χ1) is 13.9. The van der Waals surface area contributed by atoms with Gasteiger partial charge in [-0.3, -0.25) is 14.3 Å². The van der Waals surface area contributed by atoms with Crippen molar-refractivity contribution in [2.24, 2.45) is 7.05 Å². The molecule has 0 radical (unpaired) electrons. The minimum atomic E-state index is -0.494. The van der Waals surface area contributed by atoms with E-state index in [9.17, 15) is 9.59 Å². The number of likely N-dealkylation sites (tertiary alicyclic amines) is 1. The smallest absolute Gasteiger partial charge is 0.274 e. The van der Waals surface area contributed by atoms with Gasteiger partial charge in [-0.15, -0.1) is 11.3 Å². The van der Waals surface area contributed by atoms with E-state index >= 15 is 0 Å². The summed E-state index contributed by atoms with van der Waals surface area (Å²) in [5.41, 5.74) is 0.0784. The van der Waals surface area contributed by atoms with Gasteiger partial charge >= 0.3 is 0 Å². The molecule has 8 nitrogen and oxygen atoms in total. The van der Waals surface area contributed by atoms with Crippen LogP contribution in [-0.4, -0.2) is 76.3 Å². The van der Waals surface area contributed by atoms with Crippen molar-refractivity contribution in [3.05, 3.63) is 40.3 Å². The topological polar surface area (TPSA) is 79.7 Å². The number of carbonyl (C=O) groups is 2. The molecule has 0 saturated carbocycles. The van der Waals surface area contributed by atoms with E-state index in [0.717, 1.165) is 11.4 Å². The SMILES string of the molecule is CN1CC(C(=O)NCc2cccs2)OC2(CCN(C(=O)c3ccn(C)n3)CC2)C1. The molecule has 4 rings (SSSR count). The van der Waals surface area contributed by atoms with Crippen LogP contribution in [0.2, 0.25) is 0 Å². The Kier molecular flexibility index (Phi) is 5.71. The number of aromatic nitrogens is 2. The van der Waals surface area contributed by atoms with Crippen molar-refractivity contribution in [2.75, 3.05) is 33.2 Å². The molecular formula is C20H27N5O3S. The van der Waals surface area contributed by atoms with Crippen LogP contribution in [-0.2, 0) is 23.1 Å². The number of ether oxygens (including phenoxy) is 1. The Labute approximate surface area is 174 Å². The highest BCUT2D eigenvalue weighted by Crippen LogP contribution is 2.32. The van der Waals surface area contributed by atoms with Crippen molar-refractivity contribution < 1.29 is 14.3 Å². The van der Waals surface area contributed by atoms with Gasteiger partial charge in [-0.05, 0) is 37.4 Å². The molecule has 0 aliphatic carbocycles. The van der Waals surface area contributed by atoms with E-state index < -0.39 is 11.7 Å². The quantitative estimate of drug-likeness (QED) is 0.806. The number of hydrogen-bond donors (Lipinski definition) is 1. The molecule has 1 unspecified atom stereocenters. The van der Waals surface area contributed by atoms with Crippen molar-refractivity contribution in [1.29, 1.82) is 0 Å². The Morgan fingerprint density at radius 1 is 1.31 bits per heavy atom. The van der Waals surface area contributed by atoms with Gasteiger partial charge in [-0.25, -0.2) is 0 Å². The number of likely N-dealkylation sites (N-methyl/N-ethyl adjacent to an activating group) is 1. The molecule has 9 heteroatoms. The largest absolute Gasteiger partial charge is 0.359 e. The molecule has 2 aromatic heterocycles. The number of carbonyl (C=O) groups excluding carboxylic acids is 2. The number of piperidine rings is 1. The van der Waals surface area contributed by atoms with E-state index in [-0.39, 0.29) is 11.8 Å². The third-order valence-electron chi connectivity index (χ3n) is 5.63. The van der Waals surface area contributed by atoms with Gasteiger partial charge in [0.05, 0.1) is 12.1 Å².